The van der Waals surface area contributed by atoms with Crippen LogP contribution in [0.25, 0.3) is 10.8 Å². The van der Waals surface area contributed by atoms with Crippen LogP contribution in [0.2, 0.25) is 0 Å². The summed E-state index contributed by atoms with van der Waals surface area (Å²) in [6.07, 6.45) is 4.18. The summed E-state index contributed by atoms with van der Waals surface area (Å²) in [6.45, 7) is 4.07. The van der Waals surface area contributed by atoms with Crippen molar-refractivity contribution in [3.63, 3.8) is 0 Å². The molecule has 168 valence electrons. The van der Waals surface area contributed by atoms with E-state index in [0.717, 1.165) is 25.7 Å². The molecule has 1 heterocycles. The van der Waals surface area contributed by atoms with E-state index in [1.165, 1.54) is 12.1 Å². The minimum absolute atomic E-state index is 0.0000213. The minimum atomic E-state index is -6.20. The fourth-order valence-electron chi connectivity index (χ4n) is 3.78. The van der Waals surface area contributed by atoms with Crippen molar-refractivity contribution in [1.82, 2.24) is 5.06 Å². The molecule has 0 fully saturated rings. The Morgan fingerprint density at radius 3 is 2.39 bits per heavy atom. The van der Waals surface area contributed by atoms with Gasteiger partial charge in [0.2, 0.25) is 0 Å². The number of amides is 2. The third-order valence-corrected chi connectivity index (χ3v) is 6.37. The normalized spacial score (nSPS) is 15.6. The topological polar surface area (TPSA) is 80.8 Å². The van der Waals surface area contributed by atoms with Gasteiger partial charge in [0.1, 0.15) is 0 Å². The predicted octanol–water partition coefficient (Wildman–Crippen LogP) is 4.98. The van der Waals surface area contributed by atoms with E-state index in [1.54, 1.807) is 18.2 Å². The van der Waals surface area contributed by atoms with Crippen LogP contribution in [0.1, 0.15) is 65.8 Å². The third kappa shape index (κ3) is 4.31. The summed E-state index contributed by atoms with van der Waals surface area (Å²) >= 11 is 0. The van der Waals surface area contributed by atoms with Crippen LogP contribution in [0.3, 0.4) is 0 Å². The van der Waals surface area contributed by atoms with E-state index in [4.69, 9.17) is 0 Å². The molecule has 0 bridgehead atoms. The van der Waals surface area contributed by atoms with Crippen molar-refractivity contribution in [2.24, 2.45) is 5.92 Å². The molecule has 31 heavy (non-hydrogen) atoms. The lowest BCUT2D eigenvalue weighted by atomic mass is 9.85. The SMILES string of the molecule is CCCCC(CC)Cc1ccc2cccc3c2c1C(=O)N(OS(=O)(=O)C(F)(F)F)C3=O. The number of rotatable bonds is 8. The second-order valence-electron chi connectivity index (χ2n) is 7.50. The smallest absolute Gasteiger partial charge is 0.266 e. The fourth-order valence-corrected chi connectivity index (χ4v) is 4.20. The molecular weight excluding hydrogens is 435 g/mol. The first-order valence-electron chi connectivity index (χ1n) is 9.96. The van der Waals surface area contributed by atoms with Crippen molar-refractivity contribution in [2.45, 2.75) is 51.5 Å². The Labute approximate surface area is 178 Å². The number of halogens is 3. The number of benzene rings is 2. The lowest BCUT2D eigenvalue weighted by Gasteiger charge is -2.28. The van der Waals surface area contributed by atoms with Crippen LogP contribution in [0.4, 0.5) is 13.2 Å². The lowest BCUT2D eigenvalue weighted by Crippen LogP contribution is -2.44. The second kappa shape index (κ2) is 8.58. The monoisotopic (exact) mass is 457 g/mol. The molecule has 0 spiro atoms. The molecular formula is C21H22F3NO5S. The number of hydroxylamine groups is 2. The third-order valence-electron chi connectivity index (χ3n) is 5.45. The van der Waals surface area contributed by atoms with Gasteiger partial charge in [-0.25, -0.2) is 0 Å². The summed E-state index contributed by atoms with van der Waals surface area (Å²) in [7, 11) is -6.20. The maximum absolute atomic E-state index is 13.1. The van der Waals surface area contributed by atoms with Gasteiger partial charge in [-0.15, -0.1) is 9.35 Å². The average molecular weight is 457 g/mol. The number of hydrogen-bond acceptors (Lipinski definition) is 5. The molecule has 1 aliphatic heterocycles. The first kappa shape index (κ1) is 23.2. The zero-order valence-corrected chi connectivity index (χ0v) is 17.8. The summed E-state index contributed by atoms with van der Waals surface area (Å²) in [5.74, 6) is -2.26. The van der Waals surface area contributed by atoms with Gasteiger partial charge < -0.3 is 0 Å². The number of hydrogen-bond donors (Lipinski definition) is 0. The van der Waals surface area contributed by atoms with Crippen LogP contribution < -0.4 is 0 Å². The second-order valence-corrected chi connectivity index (χ2v) is 9.02. The Morgan fingerprint density at radius 1 is 1.06 bits per heavy atom. The van der Waals surface area contributed by atoms with Gasteiger partial charge >= 0.3 is 15.6 Å². The first-order valence-corrected chi connectivity index (χ1v) is 11.4. The van der Waals surface area contributed by atoms with Crippen LogP contribution in [-0.4, -0.2) is 30.8 Å². The summed E-state index contributed by atoms with van der Waals surface area (Å²) in [5, 5.41) is 0.554. The van der Waals surface area contributed by atoms with Crippen molar-refractivity contribution >= 4 is 32.7 Å². The van der Waals surface area contributed by atoms with E-state index in [-0.39, 0.29) is 22.1 Å². The molecule has 1 aliphatic rings. The zero-order chi connectivity index (χ0) is 23.0. The Morgan fingerprint density at radius 2 is 1.77 bits per heavy atom. The largest absolute Gasteiger partial charge is 0.525 e. The molecule has 10 heteroatoms. The van der Waals surface area contributed by atoms with Gasteiger partial charge in [0.25, 0.3) is 11.8 Å². The summed E-state index contributed by atoms with van der Waals surface area (Å²) in [5.41, 5.74) is -5.33. The molecule has 0 radical (unpaired) electrons. The highest BCUT2D eigenvalue weighted by Crippen LogP contribution is 2.36. The average Bonchev–Trinajstić information content (AvgIpc) is 2.71. The van der Waals surface area contributed by atoms with Crippen LogP contribution in [0.5, 0.6) is 0 Å². The van der Waals surface area contributed by atoms with E-state index in [0.29, 0.717) is 22.8 Å². The van der Waals surface area contributed by atoms with Crippen molar-refractivity contribution in [2.75, 3.05) is 0 Å². The molecule has 3 rings (SSSR count). The van der Waals surface area contributed by atoms with Crippen molar-refractivity contribution in [1.29, 1.82) is 0 Å². The maximum atomic E-state index is 13.1. The number of imide groups is 1. The standard InChI is InChI=1S/C21H22F3NO5S/c1-3-5-7-13(4-2)12-15-11-10-14-8-6-9-16-17(14)18(15)20(27)25(19(16)26)30-31(28,29)21(22,23)24/h6,8-11,13H,3-5,7,12H2,1-2H3. The van der Waals surface area contributed by atoms with Gasteiger partial charge in [0.15, 0.2) is 0 Å². The van der Waals surface area contributed by atoms with Crippen molar-refractivity contribution < 1.29 is 35.5 Å². The zero-order valence-electron chi connectivity index (χ0n) is 17.0. The quantitative estimate of drug-likeness (QED) is 0.413. The predicted molar refractivity (Wildman–Crippen MR) is 108 cm³/mol. The number of alkyl halides is 3. The van der Waals surface area contributed by atoms with Gasteiger partial charge in [-0.05, 0) is 29.4 Å². The van der Waals surface area contributed by atoms with Gasteiger partial charge in [-0.1, -0.05) is 63.8 Å². The number of carbonyl (C=O) groups excluding carboxylic acids is 2. The molecule has 0 aliphatic carbocycles. The fraction of sp³-hybridized carbons (Fsp3) is 0.429. The molecule has 1 unspecified atom stereocenters. The Bertz CT molecular complexity index is 1130. The minimum Gasteiger partial charge on any atom is -0.266 e. The van der Waals surface area contributed by atoms with Crippen molar-refractivity contribution in [3.05, 3.63) is 47.0 Å². The van der Waals surface area contributed by atoms with Gasteiger partial charge in [0, 0.05) is 5.39 Å². The molecule has 2 amide bonds. The highest BCUT2D eigenvalue weighted by molar-refractivity contribution is 7.87. The van der Waals surface area contributed by atoms with Gasteiger partial charge in [-0.3, -0.25) is 9.59 Å². The lowest BCUT2D eigenvalue weighted by molar-refractivity contribution is -0.0761. The van der Waals surface area contributed by atoms with Gasteiger partial charge in [0.05, 0.1) is 11.1 Å². The van der Waals surface area contributed by atoms with E-state index in [2.05, 4.69) is 11.2 Å². The Hall–Kier alpha value is -2.46. The van der Waals surface area contributed by atoms with Crippen molar-refractivity contribution in [3.8, 4) is 0 Å². The molecule has 0 saturated heterocycles. The molecule has 2 aromatic rings. The molecule has 0 saturated carbocycles. The highest BCUT2D eigenvalue weighted by atomic mass is 32.2. The Balaban J connectivity index is 2.12. The maximum Gasteiger partial charge on any atom is 0.525 e. The van der Waals surface area contributed by atoms with Crippen LogP contribution in [0.15, 0.2) is 30.3 Å². The van der Waals surface area contributed by atoms with E-state index in [9.17, 15) is 31.2 Å². The molecule has 2 aromatic carbocycles. The molecule has 1 atom stereocenters. The summed E-state index contributed by atoms with van der Waals surface area (Å²) < 4.78 is 65.4. The van der Waals surface area contributed by atoms with E-state index < -0.39 is 27.4 Å². The molecule has 0 N–H and O–H groups in total. The summed E-state index contributed by atoms with van der Waals surface area (Å²) in [6, 6.07) is 7.94. The number of carbonyl (C=O) groups is 2. The highest BCUT2D eigenvalue weighted by Gasteiger charge is 2.51. The Kier molecular flexibility index (Phi) is 6.43. The van der Waals surface area contributed by atoms with Gasteiger partial charge in [-0.2, -0.15) is 21.6 Å². The number of nitrogens with zero attached hydrogens (tertiary/aromatic N) is 1. The molecule has 0 aromatic heterocycles. The van der Waals surface area contributed by atoms with Crippen LogP contribution in [-0.2, 0) is 20.8 Å². The van der Waals surface area contributed by atoms with E-state index in [1.807, 2.05) is 6.92 Å². The summed E-state index contributed by atoms with van der Waals surface area (Å²) in [4.78, 5) is 25.8. The number of unbranched alkanes of at least 4 members (excludes halogenated alkanes) is 1. The van der Waals surface area contributed by atoms with Crippen LogP contribution >= 0.6 is 0 Å². The molecule has 6 nitrogen and oxygen atoms in total. The van der Waals surface area contributed by atoms with Crippen LogP contribution in [0, 0.1) is 5.92 Å². The first-order chi connectivity index (χ1) is 14.5. The van der Waals surface area contributed by atoms with E-state index >= 15 is 0 Å².